The number of hydrogen-bond donors (Lipinski definition) is 17. The van der Waals surface area contributed by atoms with E-state index in [-0.39, 0.29) is 0 Å². The molecule has 1 heterocycles. The first kappa shape index (κ1) is 27.8. The van der Waals surface area contributed by atoms with E-state index < -0.39 is 86.8 Å². The molecular weight excluding hydrogens is 510 g/mol. The summed E-state index contributed by atoms with van der Waals surface area (Å²) >= 11 is 0. The van der Waals surface area contributed by atoms with Gasteiger partial charge in [-0.3, -0.25) is 10.1 Å². The van der Waals surface area contributed by atoms with Crippen LogP contribution < -0.4 is 14.8 Å². The summed E-state index contributed by atoms with van der Waals surface area (Å²) in [5.41, 5.74) is -1.63. The molecule has 1 aliphatic carbocycles. The largest absolute Gasteiger partial charge is 0.504 e. The fraction of sp³-hybridized carbons (Fsp3) is 0.562. The van der Waals surface area contributed by atoms with E-state index in [9.17, 15) is 86.5 Å². The van der Waals surface area contributed by atoms with Crippen molar-refractivity contribution in [1.82, 2.24) is 5.32 Å². The molecule has 0 spiro atoms. The number of methoxy groups -OCH3 is 1. The Morgan fingerprint density at radius 3 is 1.47 bits per heavy atom. The molecule has 1 atom stereocenters. The Balaban J connectivity index is 2.37. The van der Waals surface area contributed by atoms with Crippen LogP contribution in [0.5, 0.6) is 28.7 Å². The zero-order valence-electron chi connectivity index (χ0n) is 17.5. The predicted molar refractivity (Wildman–Crippen MR) is 97.5 cm³/mol. The summed E-state index contributed by atoms with van der Waals surface area (Å²) in [5, 5.41) is 162. The zero-order valence-corrected chi connectivity index (χ0v) is 17.5. The minimum atomic E-state index is -4.93. The van der Waals surface area contributed by atoms with Crippen LogP contribution in [0.3, 0.4) is 0 Å². The summed E-state index contributed by atoms with van der Waals surface area (Å²) in [6.07, 6.45) is 0. The lowest BCUT2D eigenvalue weighted by molar-refractivity contribution is -0.452. The predicted octanol–water partition coefficient (Wildman–Crippen LogP) is -8.85. The molecule has 1 unspecified atom stereocenters. The number of hydrogen-bond acceptors (Lipinski definition) is 19. The first-order valence-electron chi connectivity index (χ1n) is 9.17. The second-order valence-electron chi connectivity index (χ2n) is 8.10. The van der Waals surface area contributed by atoms with Gasteiger partial charge < -0.3 is 91.2 Å². The van der Waals surface area contributed by atoms with Crippen molar-refractivity contribution in [3.8, 4) is 28.7 Å². The van der Waals surface area contributed by atoms with E-state index in [4.69, 9.17) is 0 Å². The maximum atomic E-state index is 11.8. The van der Waals surface area contributed by atoms with Crippen molar-refractivity contribution < 1.29 is 96.0 Å². The summed E-state index contributed by atoms with van der Waals surface area (Å²) < 4.78 is 9.02. The molecule has 1 saturated heterocycles. The molecule has 0 radical (unpaired) electrons. The van der Waals surface area contributed by atoms with E-state index in [1.165, 1.54) is 5.32 Å². The highest BCUT2D eigenvalue weighted by atomic mass is 16.8. The van der Waals surface area contributed by atoms with Crippen LogP contribution in [0.4, 0.5) is 0 Å². The zero-order chi connectivity index (χ0) is 28.2. The van der Waals surface area contributed by atoms with E-state index in [0.29, 0.717) is 7.11 Å². The van der Waals surface area contributed by atoms with Crippen molar-refractivity contribution in [1.29, 1.82) is 0 Å². The number of phenols is 3. The van der Waals surface area contributed by atoms with Gasteiger partial charge in [-0.25, -0.2) is 0 Å². The molecular formula is C16H21NO19. The molecule has 17 N–H and O–H groups in total. The maximum absolute atomic E-state index is 11.8. The van der Waals surface area contributed by atoms with Crippen molar-refractivity contribution in [2.24, 2.45) is 0 Å². The summed E-state index contributed by atoms with van der Waals surface area (Å²) in [6, 6.07) is 0. The van der Waals surface area contributed by atoms with Gasteiger partial charge in [0.15, 0.2) is 11.5 Å². The number of rotatable bonds is 4. The molecule has 20 nitrogen and oxygen atoms in total. The Morgan fingerprint density at radius 1 is 0.667 bits per heavy atom. The Hall–Kier alpha value is -2.83. The Labute approximate surface area is 196 Å². The minimum Gasteiger partial charge on any atom is -0.504 e. The van der Waals surface area contributed by atoms with E-state index in [1.807, 2.05) is 0 Å². The molecule has 1 aromatic rings. The number of ether oxygens (including phenoxy) is 2. The Kier molecular flexibility index (Phi) is 5.50. The third-order valence-electron chi connectivity index (χ3n) is 5.95. The van der Waals surface area contributed by atoms with Gasteiger partial charge in [-0.2, -0.15) is 0 Å². The highest BCUT2D eigenvalue weighted by Gasteiger charge is 2.93. The summed E-state index contributed by atoms with van der Waals surface area (Å²) in [4.78, 5) is 11.8. The van der Waals surface area contributed by atoms with Crippen molar-refractivity contribution in [3.63, 3.8) is 0 Å². The number of carbonyl (C=O) groups is 1. The first-order chi connectivity index (χ1) is 15.9. The number of carbonyl (C=O) groups excluding carboxylic acids is 1. The van der Waals surface area contributed by atoms with Crippen molar-refractivity contribution >= 4 is 5.91 Å². The van der Waals surface area contributed by atoms with Crippen molar-refractivity contribution in [2.45, 2.75) is 46.6 Å². The number of benzene rings is 1. The fourth-order valence-electron chi connectivity index (χ4n) is 3.88. The van der Waals surface area contributed by atoms with Gasteiger partial charge in [0.2, 0.25) is 17.2 Å². The fourth-order valence-corrected chi connectivity index (χ4v) is 3.88. The van der Waals surface area contributed by atoms with Gasteiger partial charge >= 0.3 is 5.79 Å². The molecule has 1 saturated carbocycles. The normalized spacial score (nSPS) is 27.9. The number of amides is 1. The van der Waals surface area contributed by atoms with Gasteiger partial charge in [-0.1, -0.05) is 0 Å². The minimum absolute atomic E-state index is 0.631. The van der Waals surface area contributed by atoms with E-state index >= 15 is 0 Å². The summed E-state index contributed by atoms with van der Waals surface area (Å²) in [6.45, 7) is 0. The third-order valence-corrected chi connectivity index (χ3v) is 5.95. The molecule has 1 aromatic carbocycles. The molecule has 3 rings (SSSR count). The standard InChI is InChI=1S/C16H21NO19/c1-35-6-5(20)3(18)2(8-10(22,23)9(21)17-11(8,24)25)4(19)7(6)36-16(34)14(30,31)12(26,27)13(28,29)15(16,32)33/h8,18-20,22-34H,1H3,(H,17,21). The number of nitrogens with one attached hydrogen (secondary N) is 1. The second-order valence-corrected chi connectivity index (χ2v) is 8.10. The summed E-state index contributed by atoms with van der Waals surface area (Å²) in [7, 11) is 0.631. The smallest absolute Gasteiger partial charge is 0.329 e. The van der Waals surface area contributed by atoms with Gasteiger partial charge in [-0.15, -0.1) is 0 Å². The van der Waals surface area contributed by atoms with Crippen LogP contribution in [0.2, 0.25) is 0 Å². The molecule has 36 heavy (non-hydrogen) atoms. The average Bonchev–Trinajstić information content (AvgIpc) is 2.91. The van der Waals surface area contributed by atoms with Crippen molar-refractivity contribution in [3.05, 3.63) is 5.56 Å². The topological polar surface area (TPSA) is 371 Å². The van der Waals surface area contributed by atoms with Crippen LogP contribution in [0.15, 0.2) is 0 Å². The van der Waals surface area contributed by atoms with Crippen LogP contribution in [-0.2, 0) is 4.79 Å². The van der Waals surface area contributed by atoms with Gasteiger partial charge in [-0.05, 0) is 0 Å². The molecule has 1 aliphatic heterocycles. The molecule has 204 valence electrons. The lowest BCUT2D eigenvalue weighted by atomic mass is 9.87. The van der Waals surface area contributed by atoms with Crippen LogP contribution in [0.25, 0.3) is 0 Å². The molecule has 0 bridgehead atoms. The van der Waals surface area contributed by atoms with Gasteiger partial charge in [0.1, 0.15) is 5.92 Å². The Morgan fingerprint density at radius 2 is 1.11 bits per heavy atom. The van der Waals surface area contributed by atoms with E-state index in [2.05, 4.69) is 9.47 Å². The van der Waals surface area contributed by atoms with E-state index in [1.54, 1.807) is 0 Å². The van der Waals surface area contributed by atoms with Gasteiger partial charge in [0.25, 0.3) is 40.8 Å². The Bertz CT molecular complexity index is 1100. The molecule has 20 heteroatoms. The molecule has 2 aliphatic rings. The highest BCUT2D eigenvalue weighted by molar-refractivity contribution is 5.89. The van der Waals surface area contributed by atoms with E-state index in [0.717, 1.165) is 0 Å². The van der Waals surface area contributed by atoms with Crippen LogP contribution >= 0.6 is 0 Å². The van der Waals surface area contributed by atoms with Crippen LogP contribution in [0.1, 0.15) is 11.5 Å². The SMILES string of the molecule is COc1c(O)c(O)c(C2C(O)(O)NC(=O)C2(O)O)c(O)c1OC1(O)C(O)(O)C(O)(O)C(O)(O)C1(O)O. The second kappa shape index (κ2) is 7.14. The molecule has 1 amide bonds. The lowest BCUT2D eigenvalue weighted by Crippen LogP contribution is -2.70. The number of aliphatic hydroxyl groups is 13. The molecule has 0 aromatic heterocycles. The van der Waals surface area contributed by atoms with Crippen LogP contribution in [-0.4, -0.2) is 135 Å². The van der Waals surface area contributed by atoms with Gasteiger partial charge in [0, 0.05) is 0 Å². The van der Waals surface area contributed by atoms with Crippen molar-refractivity contribution in [2.75, 3.05) is 7.11 Å². The maximum Gasteiger partial charge on any atom is 0.329 e. The third kappa shape index (κ3) is 2.83. The number of phenolic OH excluding ortho intramolecular Hbond substituents is 3. The van der Waals surface area contributed by atoms with Crippen LogP contribution in [0, 0.1) is 0 Å². The number of aromatic hydroxyl groups is 3. The lowest BCUT2D eigenvalue weighted by Gasteiger charge is -2.39. The molecule has 2 fully saturated rings. The quantitative estimate of drug-likeness (QED) is 0.0973. The summed E-state index contributed by atoms with van der Waals surface area (Å²) in [5.74, 6) is -45.5. The average molecular weight is 531 g/mol. The highest BCUT2D eigenvalue weighted by Crippen LogP contribution is 2.61. The monoisotopic (exact) mass is 531 g/mol. The first-order valence-corrected chi connectivity index (χ1v) is 9.17. The van der Waals surface area contributed by atoms with Gasteiger partial charge in [0.05, 0.1) is 12.7 Å².